The summed E-state index contributed by atoms with van der Waals surface area (Å²) in [4.78, 5) is 12.0. The van der Waals surface area contributed by atoms with E-state index in [-0.39, 0.29) is 12.1 Å². The summed E-state index contributed by atoms with van der Waals surface area (Å²) in [7, 11) is 0. The smallest absolute Gasteiger partial charge is 0.326 e. The van der Waals surface area contributed by atoms with E-state index in [0.29, 0.717) is 19.6 Å². The number of hydrogen-bond acceptors (Lipinski definition) is 4. The first kappa shape index (κ1) is 20.4. The lowest BCUT2D eigenvalue weighted by atomic mass is 9.98. The van der Waals surface area contributed by atoms with Gasteiger partial charge in [-0.15, -0.1) is 0 Å². The molecule has 0 fully saturated rings. The minimum absolute atomic E-state index is 0.189. The van der Waals surface area contributed by atoms with Crippen LogP contribution in [0.3, 0.4) is 0 Å². The van der Waals surface area contributed by atoms with Gasteiger partial charge in [-0.2, -0.15) is 0 Å². The highest BCUT2D eigenvalue weighted by molar-refractivity contribution is 5.80. The van der Waals surface area contributed by atoms with Gasteiger partial charge in [-0.1, -0.05) is 39.5 Å². The number of esters is 1. The zero-order valence-electron chi connectivity index (χ0n) is 14.7. The molecule has 0 aliphatic carbocycles. The molecule has 2 unspecified atom stereocenters. The van der Waals surface area contributed by atoms with Gasteiger partial charge in [-0.05, 0) is 40.2 Å². The van der Waals surface area contributed by atoms with E-state index in [2.05, 4.69) is 19.2 Å². The van der Waals surface area contributed by atoms with Crippen LogP contribution < -0.4 is 5.32 Å². The van der Waals surface area contributed by atoms with Gasteiger partial charge in [0, 0.05) is 6.61 Å². The molecular formula is C17H35NO3. The lowest BCUT2D eigenvalue weighted by Gasteiger charge is -2.28. The van der Waals surface area contributed by atoms with Crippen molar-refractivity contribution in [3.8, 4) is 0 Å². The van der Waals surface area contributed by atoms with Gasteiger partial charge in [-0.25, -0.2) is 0 Å². The highest BCUT2D eigenvalue weighted by Gasteiger charge is 2.33. The monoisotopic (exact) mass is 301 g/mol. The summed E-state index contributed by atoms with van der Waals surface area (Å²) in [6.45, 7) is 11.8. The third-order valence-corrected chi connectivity index (χ3v) is 3.76. The Bertz CT molecular complexity index is 271. The Labute approximate surface area is 131 Å². The molecule has 0 aromatic heterocycles. The summed E-state index contributed by atoms with van der Waals surface area (Å²) < 4.78 is 11.0. The van der Waals surface area contributed by atoms with Crippen molar-refractivity contribution in [1.82, 2.24) is 5.32 Å². The summed E-state index contributed by atoms with van der Waals surface area (Å²) in [5, 5.41) is 3.22. The molecule has 0 aromatic carbocycles. The first-order valence-electron chi connectivity index (χ1n) is 8.54. The molecule has 0 radical (unpaired) electrons. The van der Waals surface area contributed by atoms with E-state index in [4.69, 9.17) is 9.47 Å². The highest BCUT2D eigenvalue weighted by atomic mass is 16.5. The Morgan fingerprint density at radius 3 is 2.48 bits per heavy atom. The van der Waals surface area contributed by atoms with E-state index < -0.39 is 5.54 Å². The number of carbonyl (C=O) groups excluding carboxylic acids is 1. The van der Waals surface area contributed by atoms with Gasteiger partial charge < -0.3 is 14.8 Å². The van der Waals surface area contributed by atoms with Gasteiger partial charge in [0.1, 0.15) is 5.54 Å². The van der Waals surface area contributed by atoms with Crippen molar-refractivity contribution in [2.24, 2.45) is 0 Å². The maximum absolute atomic E-state index is 12.0. The molecule has 1 N–H and O–H groups in total. The molecule has 2 atom stereocenters. The fourth-order valence-corrected chi connectivity index (χ4v) is 2.35. The van der Waals surface area contributed by atoms with Crippen molar-refractivity contribution in [3.05, 3.63) is 0 Å². The minimum atomic E-state index is -0.646. The van der Waals surface area contributed by atoms with Gasteiger partial charge in [0.2, 0.25) is 0 Å². The van der Waals surface area contributed by atoms with Crippen molar-refractivity contribution in [2.45, 2.75) is 84.8 Å². The van der Waals surface area contributed by atoms with Crippen LogP contribution in [0.25, 0.3) is 0 Å². The molecule has 126 valence electrons. The molecule has 0 bridgehead atoms. The van der Waals surface area contributed by atoms with E-state index >= 15 is 0 Å². The van der Waals surface area contributed by atoms with Gasteiger partial charge >= 0.3 is 5.97 Å². The fourth-order valence-electron chi connectivity index (χ4n) is 2.35. The normalized spacial score (nSPS) is 15.5. The van der Waals surface area contributed by atoms with Crippen molar-refractivity contribution < 1.29 is 14.3 Å². The summed E-state index contributed by atoms with van der Waals surface area (Å²) >= 11 is 0. The van der Waals surface area contributed by atoms with Crippen LogP contribution >= 0.6 is 0 Å². The van der Waals surface area contributed by atoms with Crippen molar-refractivity contribution in [2.75, 3.05) is 19.8 Å². The third kappa shape index (κ3) is 9.10. The van der Waals surface area contributed by atoms with E-state index in [1.165, 1.54) is 25.7 Å². The molecule has 0 aromatic rings. The third-order valence-electron chi connectivity index (χ3n) is 3.76. The van der Waals surface area contributed by atoms with Crippen LogP contribution in [0, 0.1) is 0 Å². The lowest BCUT2D eigenvalue weighted by Crippen LogP contribution is -2.51. The molecule has 0 aliphatic rings. The Kier molecular flexibility index (Phi) is 11.6. The number of unbranched alkanes of at least 4 members (excludes halogenated alkanes) is 3. The molecule has 0 saturated heterocycles. The molecule has 0 heterocycles. The SMILES string of the molecule is CCCCCCC(C)OCCC(C)(NCC)C(=O)OCC. The van der Waals surface area contributed by atoms with E-state index in [0.717, 1.165) is 13.0 Å². The van der Waals surface area contributed by atoms with E-state index in [9.17, 15) is 4.79 Å². The van der Waals surface area contributed by atoms with Crippen molar-refractivity contribution >= 4 is 5.97 Å². The number of carbonyl (C=O) groups is 1. The lowest BCUT2D eigenvalue weighted by molar-refractivity contribution is -0.151. The Morgan fingerprint density at radius 1 is 1.19 bits per heavy atom. The van der Waals surface area contributed by atoms with Crippen molar-refractivity contribution in [1.29, 1.82) is 0 Å². The number of nitrogens with one attached hydrogen (secondary N) is 1. The second kappa shape index (κ2) is 12.0. The molecule has 4 heteroatoms. The zero-order valence-corrected chi connectivity index (χ0v) is 14.7. The molecule has 0 saturated carbocycles. The Hall–Kier alpha value is -0.610. The Morgan fingerprint density at radius 2 is 1.90 bits per heavy atom. The number of hydrogen-bond donors (Lipinski definition) is 1. The Balaban J connectivity index is 4.04. The predicted octanol–water partition coefficient (Wildman–Crippen LogP) is 3.68. The van der Waals surface area contributed by atoms with Crippen LogP contribution in [0.2, 0.25) is 0 Å². The zero-order chi connectivity index (χ0) is 16.1. The van der Waals surface area contributed by atoms with E-state index in [1.807, 2.05) is 20.8 Å². The van der Waals surface area contributed by atoms with Crippen LogP contribution in [0.5, 0.6) is 0 Å². The van der Waals surface area contributed by atoms with Crippen LogP contribution in [0.4, 0.5) is 0 Å². The molecule has 0 amide bonds. The summed E-state index contributed by atoms with van der Waals surface area (Å²) in [5.74, 6) is -0.189. The quantitative estimate of drug-likeness (QED) is 0.416. The fraction of sp³-hybridized carbons (Fsp3) is 0.941. The maximum atomic E-state index is 12.0. The largest absolute Gasteiger partial charge is 0.465 e. The molecular weight excluding hydrogens is 266 g/mol. The van der Waals surface area contributed by atoms with Crippen molar-refractivity contribution in [3.63, 3.8) is 0 Å². The molecule has 0 aliphatic heterocycles. The van der Waals surface area contributed by atoms with Gasteiger partial charge in [0.25, 0.3) is 0 Å². The minimum Gasteiger partial charge on any atom is -0.465 e. The molecule has 4 nitrogen and oxygen atoms in total. The first-order chi connectivity index (χ1) is 10.00. The van der Waals surface area contributed by atoms with Crippen LogP contribution in [0.1, 0.15) is 73.1 Å². The average Bonchev–Trinajstić information content (AvgIpc) is 2.44. The second-order valence-corrected chi connectivity index (χ2v) is 5.86. The second-order valence-electron chi connectivity index (χ2n) is 5.86. The topological polar surface area (TPSA) is 47.6 Å². The first-order valence-corrected chi connectivity index (χ1v) is 8.54. The number of likely N-dealkylation sites (N-methyl/N-ethyl adjacent to an activating group) is 1. The van der Waals surface area contributed by atoms with Crippen LogP contribution in [-0.4, -0.2) is 37.4 Å². The summed E-state index contributed by atoms with van der Waals surface area (Å²) in [6.07, 6.45) is 7.05. The number of rotatable bonds is 13. The molecule has 21 heavy (non-hydrogen) atoms. The molecule has 0 rings (SSSR count). The summed E-state index contributed by atoms with van der Waals surface area (Å²) in [5.41, 5.74) is -0.646. The van der Waals surface area contributed by atoms with Gasteiger partial charge in [0.05, 0.1) is 12.7 Å². The van der Waals surface area contributed by atoms with E-state index in [1.54, 1.807) is 0 Å². The highest BCUT2D eigenvalue weighted by Crippen LogP contribution is 2.14. The van der Waals surface area contributed by atoms with Crippen LogP contribution in [0.15, 0.2) is 0 Å². The summed E-state index contributed by atoms with van der Waals surface area (Å²) in [6, 6.07) is 0. The standard InChI is InChI=1S/C17H35NO3/c1-6-9-10-11-12-15(4)21-14-13-17(5,18-7-2)16(19)20-8-3/h15,18H,6-14H2,1-5H3. The van der Waals surface area contributed by atoms with Gasteiger partial charge in [0.15, 0.2) is 0 Å². The van der Waals surface area contributed by atoms with Gasteiger partial charge in [-0.3, -0.25) is 4.79 Å². The number of ether oxygens (including phenoxy) is 2. The predicted molar refractivity (Wildman–Crippen MR) is 87.5 cm³/mol. The molecule has 0 spiro atoms. The maximum Gasteiger partial charge on any atom is 0.326 e. The van der Waals surface area contributed by atoms with Crippen LogP contribution in [-0.2, 0) is 14.3 Å². The average molecular weight is 301 g/mol.